The van der Waals surface area contributed by atoms with Gasteiger partial charge in [0.2, 0.25) is 0 Å². The van der Waals surface area contributed by atoms with Crippen LogP contribution in [-0.2, 0) is 4.84 Å². The van der Waals surface area contributed by atoms with Crippen molar-refractivity contribution in [2.45, 2.75) is 84.2 Å². The molecule has 0 aliphatic heterocycles. The second kappa shape index (κ2) is 12.4. The van der Waals surface area contributed by atoms with Gasteiger partial charge in [0.25, 0.3) is 0 Å². The predicted octanol–water partition coefficient (Wildman–Crippen LogP) is 4.79. The lowest BCUT2D eigenvalue weighted by Crippen LogP contribution is -2.20. The molecule has 0 aliphatic carbocycles. The molecular formula is C15H33NO. The van der Waals surface area contributed by atoms with Crippen molar-refractivity contribution in [2.75, 3.05) is 14.1 Å². The summed E-state index contributed by atoms with van der Waals surface area (Å²) >= 11 is 0. The minimum absolute atomic E-state index is 0.370. The summed E-state index contributed by atoms with van der Waals surface area (Å²) in [4.78, 5) is 5.56. The fraction of sp³-hybridized carbons (Fsp3) is 1.00. The SMILES string of the molecule is CCCCCCCCCCCC(C)ON(C)C. The summed E-state index contributed by atoms with van der Waals surface area (Å²) in [5.41, 5.74) is 0. The van der Waals surface area contributed by atoms with Gasteiger partial charge in [-0.1, -0.05) is 64.7 Å². The third-order valence-electron chi connectivity index (χ3n) is 3.10. The molecule has 0 rings (SSSR count). The second-order valence-electron chi connectivity index (χ2n) is 5.35. The Hall–Kier alpha value is -0.0800. The van der Waals surface area contributed by atoms with E-state index in [1.807, 2.05) is 14.1 Å². The van der Waals surface area contributed by atoms with Crippen LogP contribution in [0.5, 0.6) is 0 Å². The van der Waals surface area contributed by atoms with Gasteiger partial charge in [-0.15, -0.1) is 0 Å². The standard InChI is InChI=1S/C15H33NO/c1-5-6-7-8-9-10-11-12-13-14-15(2)17-16(3)4/h15H,5-14H2,1-4H3. The first kappa shape index (κ1) is 16.9. The van der Waals surface area contributed by atoms with E-state index in [0.717, 1.165) is 0 Å². The molecule has 0 amide bonds. The molecule has 0 aromatic carbocycles. The van der Waals surface area contributed by atoms with Crippen LogP contribution < -0.4 is 0 Å². The summed E-state index contributed by atoms with van der Waals surface area (Å²) in [5.74, 6) is 0. The van der Waals surface area contributed by atoms with Crippen LogP contribution in [0.1, 0.15) is 78.1 Å². The molecule has 0 saturated heterocycles. The number of hydroxylamine groups is 2. The van der Waals surface area contributed by atoms with Gasteiger partial charge in [-0.2, -0.15) is 5.06 Å². The Morgan fingerprint density at radius 1 is 0.824 bits per heavy atom. The Labute approximate surface area is 109 Å². The zero-order valence-electron chi connectivity index (χ0n) is 12.5. The molecule has 0 spiro atoms. The van der Waals surface area contributed by atoms with Gasteiger partial charge in [-0.05, 0) is 13.3 Å². The predicted molar refractivity (Wildman–Crippen MR) is 76.1 cm³/mol. The van der Waals surface area contributed by atoms with Crippen LogP contribution in [0.2, 0.25) is 0 Å². The molecule has 2 nitrogen and oxygen atoms in total. The van der Waals surface area contributed by atoms with Crippen LogP contribution in [0.3, 0.4) is 0 Å². The minimum atomic E-state index is 0.370. The van der Waals surface area contributed by atoms with Crippen LogP contribution in [-0.4, -0.2) is 25.3 Å². The zero-order valence-corrected chi connectivity index (χ0v) is 12.5. The second-order valence-corrected chi connectivity index (χ2v) is 5.35. The van der Waals surface area contributed by atoms with Gasteiger partial charge in [0.05, 0.1) is 6.10 Å². The monoisotopic (exact) mass is 243 g/mol. The molecular weight excluding hydrogens is 210 g/mol. The summed E-state index contributed by atoms with van der Waals surface area (Å²) < 4.78 is 0. The largest absolute Gasteiger partial charge is 0.297 e. The maximum Gasteiger partial charge on any atom is 0.0764 e. The van der Waals surface area contributed by atoms with Crippen molar-refractivity contribution >= 4 is 0 Å². The number of unbranched alkanes of at least 4 members (excludes halogenated alkanes) is 8. The van der Waals surface area contributed by atoms with E-state index in [0.29, 0.717) is 6.10 Å². The van der Waals surface area contributed by atoms with Gasteiger partial charge in [0.15, 0.2) is 0 Å². The molecule has 0 fully saturated rings. The van der Waals surface area contributed by atoms with Crippen LogP contribution in [0.25, 0.3) is 0 Å². The van der Waals surface area contributed by atoms with Crippen molar-refractivity contribution in [1.29, 1.82) is 0 Å². The van der Waals surface area contributed by atoms with Crippen molar-refractivity contribution in [3.05, 3.63) is 0 Å². The molecule has 1 atom stereocenters. The molecule has 0 aromatic heterocycles. The number of hydrogen-bond donors (Lipinski definition) is 0. The molecule has 0 radical (unpaired) electrons. The van der Waals surface area contributed by atoms with Crippen LogP contribution in [0.4, 0.5) is 0 Å². The summed E-state index contributed by atoms with van der Waals surface area (Å²) in [6.45, 7) is 4.43. The third kappa shape index (κ3) is 13.9. The Morgan fingerprint density at radius 3 is 1.76 bits per heavy atom. The van der Waals surface area contributed by atoms with E-state index in [1.165, 1.54) is 64.2 Å². The first-order valence-electron chi connectivity index (χ1n) is 7.51. The minimum Gasteiger partial charge on any atom is -0.297 e. The summed E-state index contributed by atoms with van der Waals surface area (Å²) in [6.07, 6.45) is 14.1. The van der Waals surface area contributed by atoms with E-state index >= 15 is 0 Å². The van der Waals surface area contributed by atoms with Gasteiger partial charge in [-0.25, -0.2) is 0 Å². The molecule has 0 saturated carbocycles. The molecule has 17 heavy (non-hydrogen) atoms. The third-order valence-corrected chi connectivity index (χ3v) is 3.10. The van der Waals surface area contributed by atoms with E-state index in [-0.39, 0.29) is 0 Å². The molecule has 0 N–H and O–H groups in total. The number of rotatable bonds is 12. The van der Waals surface area contributed by atoms with E-state index in [9.17, 15) is 0 Å². The van der Waals surface area contributed by atoms with Crippen molar-refractivity contribution in [3.8, 4) is 0 Å². The molecule has 104 valence electrons. The highest BCUT2D eigenvalue weighted by atomic mass is 16.7. The summed E-state index contributed by atoms with van der Waals surface area (Å²) in [5, 5.41) is 1.80. The molecule has 0 aliphatic rings. The maximum atomic E-state index is 5.56. The van der Waals surface area contributed by atoms with Crippen molar-refractivity contribution in [3.63, 3.8) is 0 Å². The fourth-order valence-electron chi connectivity index (χ4n) is 2.16. The molecule has 1 unspecified atom stereocenters. The van der Waals surface area contributed by atoms with Gasteiger partial charge in [0, 0.05) is 14.1 Å². The highest BCUT2D eigenvalue weighted by molar-refractivity contribution is 4.51. The van der Waals surface area contributed by atoms with Gasteiger partial charge in [-0.3, -0.25) is 4.84 Å². The quantitative estimate of drug-likeness (QED) is 0.361. The lowest BCUT2D eigenvalue weighted by atomic mass is 10.1. The molecule has 0 bridgehead atoms. The Kier molecular flexibility index (Phi) is 12.3. The van der Waals surface area contributed by atoms with E-state index in [2.05, 4.69) is 13.8 Å². The van der Waals surface area contributed by atoms with E-state index in [1.54, 1.807) is 5.06 Å². The van der Waals surface area contributed by atoms with Gasteiger partial charge < -0.3 is 0 Å². The smallest absolute Gasteiger partial charge is 0.0764 e. The Balaban J connectivity index is 3.07. The fourth-order valence-corrected chi connectivity index (χ4v) is 2.16. The van der Waals surface area contributed by atoms with E-state index < -0.39 is 0 Å². The highest BCUT2D eigenvalue weighted by Gasteiger charge is 2.03. The number of nitrogens with zero attached hydrogens (tertiary/aromatic N) is 1. The van der Waals surface area contributed by atoms with Crippen LogP contribution >= 0.6 is 0 Å². The van der Waals surface area contributed by atoms with Crippen molar-refractivity contribution < 1.29 is 4.84 Å². The average molecular weight is 243 g/mol. The number of hydrogen-bond acceptors (Lipinski definition) is 2. The lowest BCUT2D eigenvalue weighted by molar-refractivity contribution is -0.160. The van der Waals surface area contributed by atoms with Crippen LogP contribution in [0.15, 0.2) is 0 Å². The summed E-state index contributed by atoms with van der Waals surface area (Å²) in [6, 6.07) is 0. The van der Waals surface area contributed by atoms with Crippen LogP contribution in [0, 0.1) is 0 Å². The summed E-state index contributed by atoms with van der Waals surface area (Å²) in [7, 11) is 3.90. The Bertz CT molecular complexity index is 148. The van der Waals surface area contributed by atoms with Crippen molar-refractivity contribution in [1.82, 2.24) is 5.06 Å². The Morgan fingerprint density at radius 2 is 1.29 bits per heavy atom. The highest BCUT2D eigenvalue weighted by Crippen LogP contribution is 2.12. The van der Waals surface area contributed by atoms with Gasteiger partial charge in [0.1, 0.15) is 0 Å². The topological polar surface area (TPSA) is 12.5 Å². The first-order chi connectivity index (χ1) is 8.16. The first-order valence-corrected chi connectivity index (χ1v) is 7.51. The molecule has 0 aromatic rings. The average Bonchev–Trinajstić information content (AvgIpc) is 2.26. The van der Waals surface area contributed by atoms with E-state index in [4.69, 9.17) is 4.84 Å². The maximum absolute atomic E-state index is 5.56. The normalized spacial score (nSPS) is 13.2. The zero-order chi connectivity index (χ0) is 12.9. The lowest BCUT2D eigenvalue weighted by Gasteiger charge is -2.17. The van der Waals surface area contributed by atoms with Gasteiger partial charge >= 0.3 is 0 Å². The molecule has 0 heterocycles. The molecule has 2 heteroatoms. The van der Waals surface area contributed by atoms with Crippen molar-refractivity contribution in [2.24, 2.45) is 0 Å².